The van der Waals surface area contributed by atoms with Gasteiger partial charge in [0.25, 0.3) is 10.2 Å². The second-order valence-corrected chi connectivity index (χ2v) is 7.59. The quantitative estimate of drug-likeness (QED) is 0.575. The zero-order valence-corrected chi connectivity index (χ0v) is 13.1. The standard InChI is InChI=1S/C13H27N3O3S/c1-16(10-3-8-14-12-5-6-12)20(17,18)15-9-7-13-4-2-11-19-13/h12-15H,2-11H2,1H3. The van der Waals surface area contributed by atoms with Crippen molar-refractivity contribution in [3.8, 4) is 0 Å². The van der Waals surface area contributed by atoms with Gasteiger partial charge in [-0.05, 0) is 45.1 Å². The van der Waals surface area contributed by atoms with Crippen molar-refractivity contribution in [1.29, 1.82) is 0 Å². The topological polar surface area (TPSA) is 70.7 Å². The van der Waals surface area contributed by atoms with E-state index in [1.165, 1.54) is 17.1 Å². The van der Waals surface area contributed by atoms with Crippen LogP contribution in [0, 0.1) is 0 Å². The maximum Gasteiger partial charge on any atom is 0.279 e. The molecule has 1 saturated heterocycles. The second-order valence-electron chi connectivity index (χ2n) is 5.73. The Morgan fingerprint density at radius 1 is 1.25 bits per heavy atom. The Labute approximate surface area is 122 Å². The van der Waals surface area contributed by atoms with E-state index in [0.717, 1.165) is 38.8 Å². The minimum atomic E-state index is -3.34. The molecule has 0 bridgehead atoms. The van der Waals surface area contributed by atoms with Crippen LogP contribution >= 0.6 is 0 Å². The minimum Gasteiger partial charge on any atom is -0.378 e. The van der Waals surface area contributed by atoms with Gasteiger partial charge in [-0.3, -0.25) is 0 Å². The number of hydrogen-bond acceptors (Lipinski definition) is 4. The van der Waals surface area contributed by atoms with Crippen molar-refractivity contribution in [1.82, 2.24) is 14.3 Å². The van der Waals surface area contributed by atoms with Gasteiger partial charge in [-0.2, -0.15) is 12.7 Å². The van der Waals surface area contributed by atoms with Crippen molar-refractivity contribution in [2.75, 3.05) is 33.3 Å². The van der Waals surface area contributed by atoms with E-state index in [1.54, 1.807) is 7.05 Å². The number of hydrogen-bond donors (Lipinski definition) is 2. The van der Waals surface area contributed by atoms with Crippen LogP contribution in [0.4, 0.5) is 0 Å². The van der Waals surface area contributed by atoms with Gasteiger partial charge in [0.05, 0.1) is 6.10 Å². The molecule has 0 aromatic heterocycles. The van der Waals surface area contributed by atoms with Crippen LogP contribution in [0.1, 0.15) is 38.5 Å². The smallest absolute Gasteiger partial charge is 0.279 e. The molecule has 2 aliphatic rings. The molecule has 1 aliphatic heterocycles. The molecule has 20 heavy (non-hydrogen) atoms. The number of rotatable bonds is 10. The fraction of sp³-hybridized carbons (Fsp3) is 1.00. The first kappa shape index (κ1) is 16.2. The average Bonchev–Trinajstić information content (AvgIpc) is 3.09. The Hall–Kier alpha value is -0.210. The zero-order valence-electron chi connectivity index (χ0n) is 12.3. The summed E-state index contributed by atoms with van der Waals surface area (Å²) in [7, 11) is -1.71. The lowest BCUT2D eigenvalue weighted by Gasteiger charge is -2.18. The van der Waals surface area contributed by atoms with Gasteiger partial charge in [0.2, 0.25) is 0 Å². The van der Waals surface area contributed by atoms with E-state index in [9.17, 15) is 8.42 Å². The van der Waals surface area contributed by atoms with Crippen molar-refractivity contribution in [3.63, 3.8) is 0 Å². The van der Waals surface area contributed by atoms with E-state index in [2.05, 4.69) is 10.0 Å². The maximum atomic E-state index is 12.0. The lowest BCUT2D eigenvalue weighted by Crippen LogP contribution is -2.40. The molecule has 1 aliphatic carbocycles. The normalized spacial score (nSPS) is 23.6. The van der Waals surface area contributed by atoms with Crippen molar-refractivity contribution in [2.45, 2.75) is 50.7 Å². The van der Waals surface area contributed by atoms with E-state index >= 15 is 0 Å². The summed E-state index contributed by atoms with van der Waals surface area (Å²) >= 11 is 0. The van der Waals surface area contributed by atoms with Crippen LogP contribution in [0.5, 0.6) is 0 Å². The summed E-state index contributed by atoms with van der Waals surface area (Å²) in [6.45, 7) is 2.71. The lowest BCUT2D eigenvalue weighted by atomic mass is 10.2. The minimum absolute atomic E-state index is 0.228. The molecule has 0 spiro atoms. The summed E-state index contributed by atoms with van der Waals surface area (Å²) in [5.41, 5.74) is 0. The predicted molar refractivity (Wildman–Crippen MR) is 78.8 cm³/mol. The van der Waals surface area contributed by atoms with Gasteiger partial charge in [0.1, 0.15) is 0 Å². The Bertz CT molecular complexity index is 378. The second kappa shape index (κ2) is 7.70. The molecule has 2 fully saturated rings. The number of nitrogens with one attached hydrogen (secondary N) is 2. The summed E-state index contributed by atoms with van der Waals surface area (Å²) in [5.74, 6) is 0. The van der Waals surface area contributed by atoms with Gasteiger partial charge in [-0.1, -0.05) is 0 Å². The highest BCUT2D eigenvalue weighted by atomic mass is 32.2. The van der Waals surface area contributed by atoms with Crippen LogP contribution in [0.15, 0.2) is 0 Å². The Morgan fingerprint density at radius 3 is 2.70 bits per heavy atom. The van der Waals surface area contributed by atoms with Crippen molar-refractivity contribution in [3.05, 3.63) is 0 Å². The van der Waals surface area contributed by atoms with E-state index in [-0.39, 0.29) is 6.10 Å². The van der Waals surface area contributed by atoms with Crippen LogP contribution in [-0.2, 0) is 14.9 Å². The largest absolute Gasteiger partial charge is 0.378 e. The molecular weight excluding hydrogens is 278 g/mol. The van der Waals surface area contributed by atoms with Crippen molar-refractivity contribution in [2.24, 2.45) is 0 Å². The Kier molecular flexibility index (Phi) is 6.22. The van der Waals surface area contributed by atoms with Gasteiger partial charge in [-0.25, -0.2) is 4.72 Å². The third-order valence-electron chi connectivity index (χ3n) is 3.85. The van der Waals surface area contributed by atoms with Crippen LogP contribution in [0.25, 0.3) is 0 Å². The van der Waals surface area contributed by atoms with E-state index < -0.39 is 10.2 Å². The summed E-state index contributed by atoms with van der Waals surface area (Å²) in [6.07, 6.45) is 6.49. The molecule has 1 saturated carbocycles. The Morgan fingerprint density at radius 2 is 2.05 bits per heavy atom. The summed E-state index contributed by atoms with van der Waals surface area (Å²) in [6, 6.07) is 0.682. The summed E-state index contributed by atoms with van der Waals surface area (Å²) in [5, 5.41) is 3.39. The molecule has 0 aromatic carbocycles. The molecule has 2 rings (SSSR count). The van der Waals surface area contributed by atoms with E-state index in [0.29, 0.717) is 19.1 Å². The molecule has 1 atom stereocenters. The molecule has 0 aromatic rings. The molecule has 1 unspecified atom stereocenters. The number of nitrogens with zero attached hydrogens (tertiary/aromatic N) is 1. The predicted octanol–water partition coefficient (Wildman–Crippen LogP) is 0.464. The molecule has 0 radical (unpaired) electrons. The highest BCUT2D eigenvalue weighted by Crippen LogP contribution is 2.18. The molecule has 0 amide bonds. The Balaban J connectivity index is 1.57. The molecular formula is C13H27N3O3S. The SMILES string of the molecule is CN(CCCNC1CC1)S(=O)(=O)NCCC1CCCO1. The van der Waals surface area contributed by atoms with Gasteiger partial charge < -0.3 is 10.1 Å². The fourth-order valence-electron chi connectivity index (χ4n) is 2.35. The monoisotopic (exact) mass is 305 g/mol. The van der Waals surface area contributed by atoms with Gasteiger partial charge in [-0.15, -0.1) is 0 Å². The van der Waals surface area contributed by atoms with Gasteiger partial charge in [0, 0.05) is 32.8 Å². The molecule has 2 N–H and O–H groups in total. The van der Waals surface area contributed by atoms with Crippen molar-refractivity contribution < 1.29 is 13.2 Å². The lowest BCUT2D eigenvalue weighted by molar-refractivity contribution is 0.105. The first-order valence-corrected chi connectivity index (χ1v) is 9.08. The van der Waals surface area contributed by atoms with Crippen LogP contribution in [0.2, 0.25) is 0 Å². The summed E-state index contributed by atoms with van der Waals surface area (Å²) in [4.78, 5) is 0. The first-order chi connectivity index (χ1) is 9.58. The highest BCUT2D eigenvalue weighted by molar-refractivity contribution is 7.87. The first-order valence-electron chi connectivity index (χ1n) is 7.64. The molecule has 118 valence electrons. The van der Waals surface area contributed by atoms with Crippen LogP contribution in [-0.4, -0.2) is 58.2 Å². The van der Waals surface area contributed by atoms with Gasteiger partial charge >= 0.3 is 0 Å². The third kappa shape index (κ3) is 5.65. The van der Waals surface area contributed by atoms with Crippen LogP contribution < -0.4 is 10.0 Å². The van der Waals surface area contributed by atoms with Crippen molar-refractivity contribution >= 4 is 10.2 Å². The number of ether oxygens (including phenoxy) is 1. The van der Waals surface area contributed by atoms with E-state index in [1.807, 2.05) is 0 Å². The molecule has 6 nitrogen and oxygen atoms in total. The van der Waals surface area contributed by atoms with E-state index in [4.69, 9.17) is 4.74 Å². The molecule has 7 heteroatoms. The highest BCUT2D eigenvalue weighted by Gasteiger charge is 2.21. The van der Waals surface area contributed by atoms with Gasteiger partial charge in [0.15, 0.2) is 0 Å². The van der Waals surface area contributed by atoms with Crippen LogP contribution in [0.3, 0.4) is 0 Å². The molecule has 1 heterocycles. The summed E-state index contributed by atoms with van der Waals surface area (Å²) < 4.78 is 33.5. The average molecular weight is 305 g/mol. The maximum absolute atomic E-state index is 12.0. The fourth-order valence-corrected chi connectivity index (χ4v) is 3.31. The zero-order chi connectivity index (χ0) is 14.4. The third-order valence-corrected chi connectivity index (χ3v) is 5.42.